The first-order valence-corrected chi connectivity index (χ1v) is 6.58. The normalized spacial score (nSPS) is 10.2. The van der Waals surface area contributed by atoms with Crippen LogP contribution < -0.4 is 4.74 Å². The molecule has 0 aliphatic carbocycles. The highest BCUT2D eigenvalue weighted by molar-refractivity contribution is 9.10. The van der Waals surface area contributed by atoms with Crippen molar-refractivity contribution >= 4 is 27.6 Å². The van der Waals surface area contributed by atoms with Crippen LogP contribution in [0.5, 0.6) is 5.75 Å². The van der Waals surface area contributed by atoms with Gasteiger partial charge in [0.05, 0.1) is 11.5 Å². The predicted molar refractivity (Wildman–Crippen MR) is 72.4 cm³/mol. The van der Waals surface area contributed by atoms with Gasteiger partial charge in [0.25, 0.3) is 0 Å². The molecule has 1 aromatic rings. The van der Waals surface area contributed by atoms with Gasteiger partial charge in [0, 0.05) is 17.0 Å². The molecule has 0 aromatic heterocycles. The largest absolute Gasteiger partial charge is 0.487 e. The van der Waals surface area contributed by atoms with Crippen molar-refractivity contribution in [2.75, 3.05) is 6.61 Å². The minimum absolute atomic E-state index is 0.0834. The van der Waals surface area contributed by atoms with E-state index in [4.69, 9.17) is 9.84 Å². The summed E-state index contributed by atoms with van der Waals surface area (Å²) in [6, 6.07) is 4.60. The van der Waals surface area contributed by atoms with Crippen LogP contribution in [0.1, 0.15) is 25.7 Å². The van der Waals surface area contributed by atoms with Crippen molar-refractivity contribution in [3.05, 3.63) is 32.8 Å². The van der Waals surface area contributed by atoms with Crippen LogP contribution >= 0.6 is 15.9 Å². The predicted octanol–water partition coefficient (Wildman–Crippen LogP) is 3.38. The van der Waals surface area contributed by atoms with Gasteiger partial charge in [-0.1, -0.05) is 15.9 Å². The Hall–Kier alpha value is -1.63. The number of carboxylic acids is 1. The molecule has 0 radical (unpaired) electrons. The van der Waals surface area contributed by atoms with Gasteiger partial charge < -0.3 is 9.84 Å². The van der Waals surface area contributed by atoms with Crippen LogP contribution in [0.4, 0.5) is 5.69 Å². The highest BCUT2D eigenvalue weighted by Gasteiger charge is 2.15. The van der Waals surface area contributed by atoms with Crippen molar-refractivity contribution in [3.63, 3.8) is 0 Å². The van der Waals surface area contributed by atoms with Crippen molar-refractivity contribution < 1.29 is 19.6 Å². The molecule has 0 aliphatic rings. The van der Waals surface area contributed by atoms with Gasteiger partial charge in [-0.3, -0.25) is 14.9 Å². The van der Waals surface area contributed by atoms with E-state index in [0.717, 1.165) is 6.42 Å². The molecule has 0 heterocycles. The van der Waals surface area contributed by atoms with E-state index in [2.05, 4.69) is 15.9 Å². The van der Waals surface area contributed by atoms with E-state index in [1.807, 2.05) is 0 Å². The van der Waals surface area contributed by atoms with E-state index in [-0.39, 0.29) is 17.9 Å². The molecular weight excluding hydrogens is 318 g/mol. The summed E-state index contributed by atoms with van der Waals surface area (Å²) in [7, 11) is 0. The van der Waals surface area contributed by atoms with Crippen LogP contribution in [0.25, 0.3) is 0 Å². The molecular formula is C12H14BrNO5. The lowest BCUT2D eigenvalue weighted by molar-refractivity contribution is -0.385. The zero-order chi connectivity index (χ0) is 14.3. The number of unbranched alkanes of at least 4 members (excludes halogenated alkanes) is 2. The average molecular weight is 332 g/mol. The number of hydrogen-bond donors (Lipinski definition) is 1. The first-order chi connectivity index (χ1) is 9.00. The Kier molecular flexibility index (Phi) is 6.27. The number of halogens is 1. The van der Waals surface area contributed by atoms with Crippen LogP contribution in [-0.2, 0) is 4.79 Å². The number of nitro benzene ring substituents is 1. The summed E-state index contributed by atoms with van der Waals surface area (Å²) in [4.78, 5) is 20.6. The van der Waals surface area contributed by atoms with Gasteiger partial charge in [0.1, 0.15) is 0 Å². The zero-order valence-corrected chi connectivity index (χ0v) is 11.8. The Morgan fingerprint density at radius 1 is 1.37 bits per heavy atom. The second-order valence-corrected chi connectivity index (χ2v) is 4.84. The fraction of sp³-hybridized carbons (Fsp3) is 0.417. The Morgan fingerprint density at radius 2 is 2.11 bits per heavy atom. The maximum absolute atomic E-state index is 10.8. The van der Waals surface area contributed by atoms with Crippen LogP contribution in [0.15, 0.2) is 22.7 Å². The fourth-order valence-electron chi connectivity index (χ4n) is 1.49. The molecule has 0 amide bonds. The summed E-state index contributed by atoms with van der Waals surface area (Å²) >= 11 is 3.16. The number of aliphatic carboxylic acids is 1. The summed E-state index contributed by atoms with van der Waals surface area (Å²) in [6.07, 6.45) is 2.11. The van der Waals surface area contributed by atoms with E-state index >= 15 is 0 Å². The summed E-state index contributed by atoms with van der Waals surface area (Å²) in [5.74, 6) is -0.587. The van der Waals surface area contributed by atoms with E-state index in [9.17, 15) is 14.9 Å². The molecule has 0 atom stereocenters. The first-order valence-electron chi connectivity index (χ1n) is 5.79. The molecule has 0 spiro atoms. The van der Waals surface area contributed by atoms with Gasteiger partial charge in [0.2, 0.25) is 0 Å². The fourth-order valence-corrected chi connectivity index (χ4v) is 1.84. The SMILES string of the molecule is O=C(O)CCCCCOc1ccc(Br)cc1[N+](=O)[O-]. The Labute approximate surface area is 118 Å². The number of rotatable bonds is 8. The standard InChI is InChI=1S/C12H14BrNO5/c13-9-5-6-11(10(8-9)14(17)18)19-7-3-1-2-4-12(15)16/h5-6,8H,1-4,7H2,(H,15,16). The molecule has 0 fully saturated rings. The molecule has 0 saturated heterocycles. The highest BCUT2D eigenvalue weighted by atomic mass is 79.9. The third kappa shape index (κ3) is 5.69. The number of nitrogens with zero attached hydrogens (tertiary/aromatic N) is 1. The van der Waals surface area contributed by atoms with Gasteiger partial charge in [-0.15, -0.1) is 0 Å². The van der Waals surface area contributed by atoms with Crippen molar-refractivity contribution in [2.24, 2.45) is 0 Å². The summed E-state index contributed by atoms with van der Waals surface area (Å²) in [5.41, 5.74) is -0.0834. The third-order valence-corrected chi connectivity index (χ3v) is 2.90. The van der Waals surface area contributed by atoms with E-state index in [1.165, 1.54) is 6.07 Å². The van der Waals surface area contributed by atoms with Gasteiger partial charge in [-0.2, -0.15) is 0 Å². The van der Waals surface area contributed by atoms with E-state index in [1.54, 1.807) is 12.1 Å². The quantitative estimate of drug-likeness (QED) is 0.448. The Balaban J connectivity index is 2.41. The zero-order valence-electron chi connectivity index (χ0n) is 10.2. The molecule has 19 heavy (non-hydrogen) atoms. The molecule has 1 rings (SSSR count). The van der Waals surface area contributed by atoms with Crippen molar-refractivity contribution in [1.29, 1.82) is 0 Å². The Bertz CT molecular complexity index is 463. The second-order valence-electron chi connectivity index (χ2n) is 3.92. The average Bonchev–Trinajstić information content (AvgIpc) is 2.34. The molecule has 7 heteroatoms. The molecule has 0 bridgehead atoms. The third-order valence-electron chi connectivity index (χ3n) is 2.41. The highest BCUT2D eigenvalue weighted by Crippen LogP contribution is 2.30. The Morgan fingerprint density at radius 3 is 2.74 bits per heavy atom. The number of ether oxygens (including phenoxy) is 1. The van der Waals surface area contributed by atoms with E-state index in [0.29, 0.717) is 23.9 Å². The molecule has 6 nitrogen and oxygen atoms in total. The number of carbonyl (C=O) groups is 1. The monoisotopic (exact) mass is 331 g/mol. The topological polar surface area (TPSA) is 89.7 Å². The molecule has 1 aromatic carbocycles. The molecule has 0 unspecified atom stereocenters. The molecule has 1 N–H and O–H groups in total. The van der Waals surface area contributed by atoms with E-state index < -0.39 is 10.9 Å². The van der Waals surface area contributed by atoms with Crippen LogP contribution in [0.3, 0.4) is 0 Å². The minimum Gasteiger partial charge on any atom is -0.487 e. The number of carboxylic acid groups (broad SMARTS) is 1. The van der Waals surface area contributed by atoms with Crippen LogP contribution in [0.2, 0.25) is 0 Å². The minimum atomic E-state index is -0.815. The maximum atomic E-state index is 10.8. The van der Waals surface area contributed by atoms with Crippen molar-refractivity contribution in [3.8, 4) is 5.75 Å². The lowest BCUT2D eigenvalue weighted by atomic mass is 10.2. The van der Waals surface area contributed by atoms with Gasteiger partial charge >= 0.3 is 11.7 Å². The van der Waals surface area contributed by atoms with Crippen molar-refractivity contribution in [2.45, 2.75) is 25.7 Å². The molecule has 0 aliphatic heterocycles. The summed E-state index contributed by atoms with van der Waals surface area (Å²) in [6.45, 7) is 0.335. The van der Waals surface area contributed by atoms with Gasteiger partial charge in [-0.05, 0) is 31.4 Å². The first kappa shape index (κ1) is 15.4. The van der Waals surface area contributed by atoms with Crippen LogP contribution in [0, 0.1) is 10.1 Å². The van der Waals surface area contributed by atoms with Crippen LogP contribution in [-0.4, -0.2) is 22.6 Å². The molecule has 0 saturated carbocycles. The lowest BCUT2D eigenvalue weighted by Crippen LogP contribution is -2.01. The van der Waals surface area contributed by atoms with Crippen molar-refractivity contribution in [1.82, 2.24) is 0 Å². The smallest absolute Gasteiger partial charge is 0.312 e. The van der Waals surface area contributed by atoms with Gasteiger partial charge in [-0.25, -0.2) is 0 Å². The summed E-state index contributed by atoms with van der Waals surface area (Å²) < 4.78 is 5.97. The second kappa shape index (κ2) is 7.73. The number of nitro groups is 1. The number of hydrogen-bond acceptors (Lipinski definition) is 4. The van der Waals surface area contributed by atoms with Gasteiger partial charge in [0.15, 0.2) is 5.75 Å². The molecule has 104 valence electrons. The lowest BCUT2D eigenvalue weighted by Gasteiger charge is -2.06. The summed E-state index contributed by atoms with van der Waals surface area (Å²) in [5, 5.41) is 19.3. The maximum Gasteiger partial charge on any atom is 0.312 e. The number of benzene rings is 1.